The number of aromatic nitrogens is 3. The van der Waals surface area contributed by atoms with E-state index in [1.165, 1.54) is 5.56 Å². The van der Waals surface area contributed by atoms with Gasteiger partial charge in [0.2, 0.25) is 0 Å². The molecule has 1 aliphatic heterocycles. The van der Waals surface area contributed by atoms with Gasteiger partial charge in [0.25, 0.3) is 0 Å². The van der Waals surface area contributed by atoms with E-state index in [0.717, 1.165) is 45.1 Å². The Labute approximate surface area is 254 Å². The summed E-state index contributed by atoms with van der Waals surface area (Å²) in [6.45, 7) is 8.68. The fraction of sp³-hybridized carbons (Fsp3) is 0.114. The Bertz CT molecular complexity index is 1870. The summed E-state index contributed by atoms with van der Waals surface area (Å²) in [4.78, 5) is 11.6. The number of ether oxygens (including phenoxy) is 1. The van der Waals surface area contributed by atoms with E-state index in [2.05, 4.69) is 84.4 Å². The predicted molar refractivity (Wildman–Crippen MR) is 160 cm³/mol. The van der Waals surface area contributed by atoms with Crippen LogP contribution in [0.4, 0.5) is 11.4 Å². The quantitative estimate of drug-likeness (QED) is 0.172. The fourth-order valence-corrected chi connectivity index (χ4v) is 5.05. The van der Waals surface area contributed by atoms with Crippen molar-refractivity contribution in [1.82, 2.24) is 14.5 Å². The van der Waals surface area contributed by atoms with E-state index in [-0.39, 0.29) is 26.5 Å². The van der Waals surface area contributed by atoms with Crippen molar-refractivity contribution >= 4 is 22.4 Å². The molecular formula is C35H27N4OPt-3. The Balaban J connectivity index is 0.00000302. The number of para-hydroxylation sites is 3. The molecule has 5 nitrogen and oxygen atoms in total. The van der Waals surface area contributed by atoms with Crippen molar-refractivity contribution in [2.45, 2.75) is 26.2 Å². The fourth-order valence-electron chi connectivity index (χ4n) is 5.05. The maximum atomic E-state index is 6.28. The first-order chi connectivity index (χ1) is 19.4. The van der Waals surface area contributed by atoms with Crippen LogP contribution < -0.4 is 9.64 Å². The number of pyridine rings is 1. The monoisotopic (exact) mass is 714 g/mol. The zero-order valence-corrected chi connectivity index (χ0v) is 25.2. The van der Waals surface area contributed by atoms with Crippen LogP contribution in [-0.2, 0) is 26.5 Å². The number of hydrogen-bond acceptors (Lipinski definition) is 4. The Morgan fingerprint density at radius 2 is 1.56 bits per heavy atom. The molecule has 0 bridgehead atoms. The molecule has 4 aromatic carbocycles. The summed E-state index contributed by atoms with van der Waals surface area (Å²) in [7, 11) is 0. The van der Waals surface area contributed by atoms with Gasteiger partial charge in [-0.25, -0.2) is 0 Å². The van der Waals surface area contributed by atoms with E-state index in [1.54, 1.807) is 0 Å². The molecule has 206 valence electrons. The molecule has 1 aliphatic rings. The average Bonchev–Trinajstić information content (AvgIpc) is 3.36. The second-order valence-corrected chi connectivity index (χ2v) is 10.9. The van der Waals surface area contributed by atoms with Gasteiger partial charge in [0.05, 0.1) is 0 Å². The van der Waals surface area contributed by atoms with E-state index in [4.69, 9.17) is 9.72 Å². The van der Waals surface area contributed by atoms with Crippen LogP contribution >= 0.6 is 0 Å². The minimum atomic E-state index is 0. The van der Waals surface area contributed by atoms with Crippen molar-refractivity contribution in [3.8, 4) is 34.1 Å². The van der Waals surface area contributed by atoms with E-state index in [1.807, 2.05) is 72.9 Å². The number of anilines is 2. The van der Waals surface area contributed by atoms with Crippen molar-refractivity contribution in [3.05, 3.63) is 128 Å². The second-order valence-electron chi connectivity index (χ2n) is 10.9. The van der Waals surface area contributed by atoms with Gasteiger partial charge >= 0.3 is 0 Å². The SMILES string of the molecule is CC(C)(C)c1ccnc(-c2[c-]c(Oc3[c-]c(N4[CH-]n5c(nc6ccccc65)-c5ccccc54)ccc3)ccc2)c1.[Pt]. The van der Waals surface area contributed by atoms with Crippen LogP contribution in [0.3, 0.4) is 0 Å². The Morgan fingerprint density at radius 1 is 0.805 bits per heavy atom. The summed E-state index contributed by atoms with van der Waals surface area (Å²) in [6.07, 6.45) is 1.86. The van der Waals surface area contributed by atoms with E-state index in [0.29, 0.717) is 11.5 Å². The topological polar surface area (TPSA) is 43.2 Å². The second kappa shape index (κ2) is 10.6. The number of imidazole rings is 1. The molecule has 3 heterocycles. The summed E-state index contributed by atoms with van der Waals surface area (Å²) in [5, 5.41) is 0. The molecule has 6 heteroatoms. The standard InChI is InChI=1S/C35H27N4O.Pt/c1-35(2,3)25-18-19-36-31(21-25)24-10-8-12-27(20-24)40-28-13-9-11-26(22-28)38-23-39-33-17-7-5-15-30(33)37-34(39)29-14-4-6-16-32(29)38;/h4-19,21,23H,1-3H3;/q-3;. The Kier molecular flexibility index (Phi) is 6.92. The maximum absolute atomic E-state index is 6.28. The third kappa shape index (κ3) is 5.03. The van der Waals surface area contributed by atoms with Gasteiger partial charge in [-0.2, -0.15) is 6.07 Å². The van der Waals surface area contributed by atoms with Crippen LogP contribution in [0.25, 0.3) is 33.7 Å². The predicted octanol–water partition coefficient (Wildman–Crippen LogP) is 8.57. The molecule has 0 fully saturated rings. The zero-order chi connectivity index (χ0) is 27.3. The third-order valence-electron chi connectivity index (χ3n) is 7.13. The normalized spacial score (nSPS) is 12.2. The number of benzene rings is 4. The van der Waals surface area contributed by atoms with Crippen molar-refractivity contribution in [2.24, 2.45) is 0 Å². The minimum Gasteiger partial charge on any atom is -0.503 e. The molecule has 0 atom stereocenters. The molecule has 0 N–H and O–H groups in total. The largest absolute Gasteiger partial charge is 0.503 e. The average molecular weight is 715 g/mol. The number of hydrogen-bond donors (Lipinski definition) is 0. The van der Waals surface area contributed by atoms with Crippen molar-refractivity contribution in [2.75, 3.05) is 4.90 Å². The smallest absolute Gasteiger partial charge is 0.0421 e. The van der Waals surface area contributed by atoms with Gasteiger partial charge in [-0.05, 0) is 52.6 Å². The van der Waals surface area contributed by atoms with Gasteiger partial charge in [0.1, 0.15) is 0 Å². The van der Waals surface area contributed by atoms with Crippen LogP contribution in [0.2, 0.25) is 0 Å². The number of rotatable bonds is 4. The molecule has 0 amide bonds. The molecule has 6 aromatic rings. The van der Waals surface area contributed by atoms with Gasteiger partial charge in [0.15, 0.2) is 0 Å². The van der Waals surface area contributed by atoms with Crippen molar-refractivity contribution < 1.29 is 25.8 Å². The van der Waals surface area contributed by atoms with Gasteiger partial charge in [-0.1, -0.05) is 75.0 Å². The van der Waals surface area contributed by atoms with E-state index < -0.39 is 0 Å². The van der Waals surface area contributed by atoms with Crippen molar-refractivity contribution in [1.29, 1.82) is 0 Å². The van der Waals surface area contributed by atoms with Gasteiger partial charge in [0, 0.05) is 55.8 Å². The van der Waals surface area contributed by atoms with Crippen LogP contribution in [0.5, 0.6) is 11.5 Å². The first-order valence-corrected chi connectivity index (χ1v) is 13.3. The summed E-state index contributed by atoms with van der Waals surface area (Å²) in [6, 6.07) is 39.4. The molecule has 0 saturated carbocycles. The van der Waals surface area contributed by atoms with Gasteiger partial charge < -0.3 is 24.2 Å². The van der Waals surface area contributed by atoms with E-state index >= 15 is 0 Å². The first kappa shape index (κ1) is 26.9. The minimum absolute atomic E-state index is 0. The molecule has 0 radical (unpaired) electrons. The van der Waals surface area contributed by atoms with Crippen LogP contribution in [0.15, 0.2) is 103 Å². The Hall–Kier alpha value is -4.34. The molecule has 0 aliphatic carbocycles. The summed E-state index contributed by atoms with van der Waals surface area (Å²) in [5.41, 5.74) is 8.01. The number of nitrogens with zero attached hydrogens (tertiary/aromatic N) is 4. The Morgan fingerprint density at radius 3 is 2.41 bits per heavy atom. The van der Waals surface area contributed by atoms with Gasteiger partial charge in [-0.3, -0.25) is 0 Å². The molecule has 0 saturated heterocycles. The molecule has 0 unspecified atom stereocenters. The number of fused-ring (bicyclic) bond motifs is 5. The van der Waals surface area contributed by atoms with Crippen LogP contribution in [-0.4, -0.2) is 14.5 Å². The van der Waals surface area contributed by atoms with Crippen molar-refractivity contribution in [3.63, 3.8) is 0 Å². The zero-order valence-electron chi connectivity index (χ0n) is 22.9. The maximum Gasteiger partial charge on any atom is 0.0421 e. The molecule has 0 spiro atoms. The molecule has 7 rings (SSSR count). The van der Waals surface area contributed by atoms with Crippen LogP contribution in [0.1, 0.15) is 26.3 Å². The molecule has 41 heavy (non-hydrogen) atoms. The molecular weight excluding hydrogens is 687 g/mol. The van der Waals surface area contributed by atoms with Crippen LogP contribution in [0, 0.1) is 18.8 Å². The summed E-state index contributed by atoms with van der Waals surface area (Å²) in [5.74, 6) is 2.14. The molecule has 2 aromatic heterocycles. The summed E-state index contributed by atoms with van der Waals surface area (Å²) >= 11 is 0. The third-order valence-corrected chi connectivity index (χ3v) is 7.13. The first-order valence-electron chi connectivity index (χ1n) is 13.3. The van der Waals surface area contributed by atoms with E-state index in [9.17, 15) is 0 Å². The van der Waals surface area contributed by atoms with Gasteiger partial charge in [-0.15, -0.1) is 42.0 Å². The summed E-state index contributed by atoms with van der Waals surface area (Å²) < 4.78 is 8.42.